The molecule has 0 spiro atoms. The van der Waals surface area contributed by atoms with Crippen molar-refractivity contribution in [3.05, 3.63) is 46.3 Å². The van der Waals surface area contributed by atoms with Crippen LogP contribution < -0.4 is 10.5 Å². The van der Waals surface area contributed by atoms with Gasteiger partial charge in [0.15, 0.2) is 5.69 Å². The average molecular weight is 367 g/mol. The van der Waals surface area contributed by atoms with Gasteiger partial charge >= 0.3 is 6.18 Å². The Morgan fingerprint density at radius 3 is 2.46 bits per heavy atom. The zero-order chi connectivity index (χ0) is 19.1. The molecule has 2 aromatic heterocycles. The third-order valence-electron chi connectivity index (χ3n) is 4.18. The molecular formula is C17H20F3N5O. The smallest absolute Gasteiger partial charge is 0.356 e. The molecule has 140 valence electrons. The van der Waals surface area contributed by atoms with E-state index in [-0.39, 0.29) is 17.9 Å². The molecule has 0 saturated carbocycles. The van der Waals surface area contributed by atoms with E-state index in [0.29, 0.717) is 19.2 Å². The third kappa shape index (κ3) is 3.86. The molecule has 1 fully saturated rings. The van der Waals surface area contributed by atoms with Gasteiger partial charge in [-0.3, -0.25) is 4.79 Å². The van der Waals surface area contributed by atoms with Crippen molar-refractivity contribution in [3.63, 3.8) is 0 Å². The summed E-state index contributed by atoms with van der Waals surface area (Å²) in [4.78, 5) is 22.6. The predicted molar refractivity (Wildman–Crippen MR) is 89.9 cm³/mol. The molecule has 0 radical (unpaired) electrons. The van der Waals surface area contributed by atoms with E-state index in [9.17, 15) is 18.0 Å². The number of nitrogens with zero attached hydrogens (tertiary/aromatic N) is 5. The minimum Gasteiger partial charge on any atom is -0.356 e. The molecule has 0 atom stereocenters. The minimum absolute atomic E-state index is 0.0386. The Morgan fingerprint density at radius 2 is 1.85 bits per heavy atom. The first-order chi connectivity index (χ1) is 12.0. The van der Waals surface area contributed by atoms with Crippen LogP contribution in [0.5, 0.6) is 0 Å². The van der Waals surface area contributed by atoms with Crippen LogP contribution in [0.25, 0.3) is 0 Å². The number of hydrogen-bond acceptors (Lipinski definition) is 5. The van der Waals surface area contributed by atoms with Gasteiger partial charge in [-0.15, -0.1) is 0 Å². The van der Waals surface area contributed by atoms with Crippen LogP contribution in [0, 0.1) is 5.92 Å². The highest BCUT2D eigenvalue weighted by atomic mass is 19.4. The van der Waals surface area contributed by atoms with Crippen LogP contribution in [0.1, 0.15) is 32.3 Å². The first-order valence-electron chi connectivity index (χ1n) is 8.28. The molecule has 0 N–H and O–H groups in total. The summed E-state index contributed by atoms with van der Waals surface area (Å²) >= 11 is 0. The first kappa shape index (κ1) is 18.3. The molecule has 3 rings (SSSR count). The van der Waals surface area contributed by atoms with Crippen LogP contribution in [0.3, 0.4) is 0 Å². The third-order valence-corrected chi connectivity index (χ3v) is 4.18. The lowest BCUT2D eigenvalue weighted by molar-refractivity contribution is -0.142. The van der Waals surface area contributed by atoms with Crippen molar-refractivity contribution in [2.75, 3.05) is 18.0 Å². The van der Waals surface area contributed by atoms with E-state index in [1.807, 2.05) is 25.7 Å². The van der Waals surface area contributed by atoms with Gasteiger partial charge in [0.1, 0.15) is 11.6 Å². The second-order valence-electron chi connectivity index (χ2n) is 7.50. The minimum atomic E-state index is -4.56. The molecule has 2 aromatic rings. The maximum atomic E-state index is 12.8. The van der Waals surface area contributed by atoms with Gasteiger partial charge in [-0.25, -0.2) is 14.6 Å². The van der Waals surface area contributed by atoms with Crippen LogP contribution in [0.2, 0.25) is 0 Å². The van der Waals surface area contributed by atoms with Crippen molar-refractivity contribution in [2.24, 2.45) is 5.92 Å². The Balaban J connectivity index is 1.67. The van der Waals surface area contributed by atoms with Gasteiger partial charge in [-0.1, -0.05) is 20.8 Å². The Labute approximate surface area is 148 Å². The monoisotopic (exact) mass is 367 g/mol. The molecule has 1 aliphatic rings. The fourth-order valence-electron chi connectivity index (χ4n) is 2.73. The van der Waals surface area contributed by atoms with Gasteiger partial charge in [0.25, 0.3) is 5.56 Å². The van der Waals surface area contributed by atoms with Gasteiger partial charge in [0.05, 0.1) is 6.54 Å². The second kappa shape index (κ2) is 6.37. The largest absolute Gasteiger partial charge is 0.435 e. The van der Waals surface area contributed by atoms with Crippen LogP contribution in [0.15, 0.2) is 29.2 Å². The van der Waals surface area contributed by atoms with E-state index in [4.69, 9.17) is 0 Å². The molecule has 1 aliphatic heterocycles. The molecule has 26 heavy (non-hydrogen) atoms. The van der Waals surface area contributed by atoms with E-state index in [1.165, 1.54) is 0 Å². The fourth-order valence-corrected chi connectivity index (χ4v) is 2.73. The quantitative estimate of drug-likeness (QED) is 0.834. The second-order valence-corrected chi connectivity index (χ2v) is 7.50. The highest BCUT2D eigenvalue weighted by Crippen LogP contribution is 2.28. The fraction of sp³-hybridized carbons (Fsp3) is 0.529. The van der Waals surface area contributed by atoms with Crippen molar-refractivity contribution >= 4 is 5.82 Å². The standard InChI is InChI=1S/C17H20F3N5O/c1-16(2,3)15-21-7-6-13(22-15)24-8-11(9-24)10-25-14(26)5-4-12(23-25)17(18,19)20/h4-7,11H,8-10H2,1-3H3. The Kier molecular flexibility index (Phi) is 4.49. The highest BCUT2D eigenvalue weighted by Gasteiger charge is 2.34. The van der Waals surface area contributed by atoms with Gasteiger partial charge in [-0.05, 0) is 12.1 Å². The van der Waals surface area contributed by atoms with Crippen LogP contribution in [-0.2, 0) is 18.1 Å². The van der Waals surface area contributed by atoms with Gasteiger partial charge in [0, 0.05) is 36.7 Å². The summed E-state index contributed by atoms with van der Waals surface area (Å²) in [7, 11) is 0. The molecule has 0 bridgehead atoms. The molecule has 0 amide bonds. The number of anilines is 1. The molecular weight excluding hydrogens is 347 g/mol. The summed E-state index contributed by atoms with van der Waals surface area (Å²) in [6, 6.07) is 3.42. The molecule has 3 heterocycles. The molecule has 9 heteroatoms. The summed E-state index contributed by atoms with van der Waals surface area (Å²) in [6.07, 6.45) is -2.86. The molecule has 0 unspecified atom stereocenters. The Morgan fingerprint density at radius 1 is 1.15 bits per heavy atom. The SMILES string of the molecule is CC(C)(C)c1nccc(N2CC(Cn3nc(C(F)(F)F)ccc3=O)C2)n1. The number of aromatic nitrogens is 4. The lowest BCUT2D eigenvalue weighted by Gasteiger charge is -2.40. The van der Waals surface area contributed by atoms with Crippen molar-refractivity contribution < 1.29 is 13.2 Å². The maximum absolute atomic E-state index is 12.8. The van der Waals surface area contributed by atoms with Crippen LogP contribution in [0.4, 0.5) is 19.0 Å². The number of rotatable bonds is 3. The summed E-state index contributed by atoms with van der Waals surface area (Å²) in [5.74, 6) is 1.55. The molecule has 1 saturated heterocycles. The summed E-state index contributed by atoms with van der Waals surface area (Å²) in [6.45, 7) is 7.43. The zero-order valence-corrected chi connectivity index (χ0v) is 14.8. The molecule has 6 nitrogen and oxygen atoms in total. The average Bonchev–Trinajstić information content (AvgIpc) is 2.50. The number of alkyl halides is 3. The maximum Gasteiger partial charge on any atom is 0.435 e. The van der Waals surface area contributed by atoms with Crippen molar-refractivity contribution in [3.8, 4) is 0 Å². The Hall–Kier alpha value is -2.45. The van der Waals surface area contributed by atoms with E-state index in [1.54, 1.807) is 12.3 Å². The van der Waals surface area contributed by atoms with E-state index in [2.05, 4.69) is 15.1 Å². The van der Waals surface area contributed by atoms with Crippen molar-refractivity contribution in [2.45, 2.75) is 38.9 Å². The first-order valence-corrected chi connectivity index (χ1v) is 8.28. The van der Waals surface area contributed by atoms with E-state index < -0.39 is 17.4 Å². The summed E-state index contributed by atoms with van der Waals surface area (Å²) in [5, 5.41) is 3.44. The van der Waals surface area contributed by atoms with Crippen LogP contribution >= 0.6 is 0 Å². The van der Waals surface area contributed by atoms with Crippen molar-refractivity contribution in [1.82, 2.24) is 19.7 Å². The molecule has 0 aliphatic carbocycles. The summed E-state index contributed by atoms with van der Waals surface area (Å²) < 4.78 is 39.1. The van der Waals surface area contributed by atoms with Gasteiger partial charge in [0.2, 0.25) is 0 Å². The predicted octanol–water partition coefficient (Wildman–Crippen LogP) is 2.49. The van der Waals surface area contributed by atoms with E-state index >= 15 is 0 Å². The number of hydrogen-bond donors (Lipinski definition) is 0. The molecule has 0 aromatic carbocycles. The van der Waals surface area contributed by atoms with E-state index in [0.717, 1.165) is 22.4 Å². The number of halogens is 3. The van der Waals surface area contributed by atoms with Crippen LogP contribution in [-0.4, -0.2) is 32.8 Å². The summed E-state index contributed by atoms with van der Waals surface area (Å²) in [5.41, 5.74) is -1.76. The lowest BCUT2D eigenvalue weighted by Crippen LogP contribution is -2.50. The van der Waals surface area contributed by atoms with Gasteiger partial charge < -0.3 is 4.90 Å². The Bertz CT molecular complexity index is 850. The topological polar surface area (TPSA) is 63.9 Å². The van der Waals surface area contributed by atoms with Gasteiger partial charge in [-0.2, -0.15) is 18.3 Å². The zero-order valence-electron chi connectivity index (χ0n) is 14.8. The lowest BCUT2D eigenvalue weighted by atomic mass is 9.95. The van der Waals surface area contributed by atoms with Crippen molar-refractivity contribution in [1.29, 1.82) is 0 Å². The normalized spacial score (nSPS) is 15.8. The highest BCUT2D eigenvalue weighted by molar-refractivity contribution is 5.41.